The molecule has 3 nitrogen and oxygen atoms in total. The van der Waals surface area contributed by atoms with Crippen LogP contribution in [-0.2, 0) is 4.79 Å². The lowest BCUT2D eigenvalue weighted by molar-refractivity contribution is -0.130. The zero-order chi connectivity index (χ0) is 13.0. The fourth-order valence-electron chi connectivity index (χ4n) is 1.75. The standard InChI is InChI=1S/C13H19FN2O/c1-9(11-7-5-6-8-12(11)14)15-10(2)13(17)16(3)4/h5-10,15H,1-4H3/t9-,10?/m1/s1. The van der Waals surface area contributed by atoms with Gasteiger partial charge in [-0.05, 0) is 19.9 Å². The molecule has 0 fully saturated rings. The van der Waals surface area contributed by atoms with E-state index in [1.807, 2.05) is 6.92 Å². The molecule has 17 heavy (non-hydrogen) atoms. The van der Waals surface area contributed by atoms with E-state index in [9.17, 15) is 9.18 Å². The molecule has 1 aromatic carbocycles. The molecular weight excluding hydrogens is 219 g/mol. The van der Waals surface area contributed by atoms with Gasteiger partial charge in [0.15, 0.2) is 0 Å². The molecule has 0 aliphatic heterocycles. The van der Waals surface area contributed by atoms with Gasteiger partial charge in [0.25, 0.3) is 0 Å². The Kier molecular flexibility index (Phi) is 4.63. The van der Waals surface area contributed by atoms with Crippen LogP contribution in [0.1, 0.15) is 25.5 Å². The van der Waals surface area contributed by atoms with E-state index in [1.165, 1.54) is 11.0 Å². The van der Waals surface area contributed by atoms with Gasteiger partial charge in [0.2, 0.25) is 5.91 Å². The molecule has 94 valence electrons. The lowest BCUT2D eigenvalue weighted by atomic mass is 10.1. The third-order valence-electron chi connectivity index (χ3n) is 2.68. The van der Waals surface area contributed by atoms with Crippen LogP contribution in [0.4, 0.5) is 4.39 Å². The highest BCUT2D eigenvalue weighted by molar-refractivity contribution is 5.80. The van der Waals surface area contributed by atoms with Crippen LogP contribution in [0.25, 0.3) is 0 Å². The number of rotatable bonds is 4. The molecule has 1 aromatic rings. The molecule has 1 unspecified atom stereocenters. The number of benzene rings is 1. The zero-order valence-electron chi connectivity index (χ0n) is 10.7. The number of hydrogen-bond acceptors (Lipinski definition) is 2. The zero-order valence-corrected chi connectivity index (χ0v) is 10.7. The van der Waals surface area contributed by atoms with E-state index in [2.05, 4.69) is 5.32 Å². The van der Waals surface area contributed by atoms with Crippen LogP contribution in [0.2, 0.25) is 0 Å². The summed E-state index contributed by atoms with van der Waals surface area (Å²) in [6.45, 7) is 3.62. The number of amides is 1. The minimum Gasteiger partial charge on any atom is -0.347 e. The summed E-state index contributed by atoms with van der Waals surface area (Å²) in [5, 5.41) is 3.09. The second-order valence-electron chi connectivity index (χ2n) is 4.36. The Morgan fingerprint density at radius 2 is 1.88 bits per heavy atom. The molecule has 0 aliphatic rings. The van der Waals surface area contributed by atoms with E-state index in [0.717, 1.165) is 0 Å². The van der Waals surface area contributed by atoms with E-state index in [1.54, 1.807) is 39.2 Å². The average molecular weight is 238 g/mol. The first-order valence-corrected chi connectivity index (χ1v) is 5.65. The van der Waals surface area contributed by atoms with Crippen molar-refractivity contribution >= 4 is 5.91 Å². The number of halogens is 1. The second-order valence-corrected chi connectivity index (χ2v) is 4.36. The van der Waals surface area contributed by atoms with Crippen molar-refractivity contribution < 1.29 is 9.18 Å². The number of nitrogens with zero attached hydrogens (tertiary/aromatic N) is 1. The Balaban J connectivity index is 2.70. The maximum Gasteiger partial charge on any atom is 0.238 e. The molecule has 4 heteroatoms. The van der Waals surface area contributed by atoms with Gasteiger partial charge in [-0.3, -0.25) is 10.1 Å². The summed E-state index contributed by atoms with van der Waals surface area (Å²) < 4.78 is 13.5. The molecule has 0 bridgehead atoms. The highest BCUT2D eigenvalue weighted by Gasteiger charge is 2.18. The van der Waals surface area contributed by atoms with Crippen molar-refractivity contribution in [1.29, 1.82) is 0 Å². The number of nitrogens with one attached hydrogen (secondary N) is 1. The predicted molar refractivity (Wildman–Crippen MR) is 66.1 cm³/mol. The van der Waals surface area contributed by atoms with Crippen molar-refractivity contribution in [3.05, 3.63) is 35.6 Å². The summed E-state index contributed by atoms with van der Waals surface area (Å²) in [7, 11) is 3.41. The number of hydrogen-bond donors (Lipinski definition) is 1. The molecule has 1 N–H and O–H groups in total. The van der Waals surface area contributed by atoms with Gasteiger partial charge in [-0.15, -0.1) is 0 Å². The van der Waals surface area contributed by atoms with Gasteiger partial charge in [0.05, 0.1) is 6.04 Å². The van der Waals surface area contributed by atoms with E-state index in [0.29, 0.717) is 5.56 Å². The van der Waals surface area contributed by atoms with E-state index < -0.39 is 0 Å². The highest BCUT2D eigenvalue weighted by Crippen LogP contribution is 2.16. The van der Waals surface area contributed by atoms with E-state index >= 15 is 0 Å². The number of carbonyl (C=O) groups is 1. The van der Waals surface area contributed by atoms with Gasteiger partial charge in [0, 0.05) is 25.7 Å². The molecule has 0 saturated heterocycles. The fourth-order valence-corrected chi connectivity index (χ4v) is 1.75. The molecule has 0 saturated carbocycles. The lowest BCUT2D eigenvalue weighted by Gasteiger charge is -2.22. The van der Waals surface area contributed by atoms with Crippen LogP contribution in [0, 0.1) is 5.82 Å². The second kappa shape index (κ2) is 5.77. The van der Waals surface area contributed by atoms with Crippen LogP contribution in [0.3, 0.4) is 0 Å². The molecule has 1 rings (SSSR count). The molecule has 0 aromatic heterocycles. The maximum absolute atomic E-state index is 13.5. The summed E-state index contributed by atoms with van der Waals surface area (Å²) in [5.74, 6) is -0.273. The van der Waals surface area contributed by atoms with Crippen molar-refractivity contribution in [3.8, 4) is 0 Å². The first-order chi connectivity index (χ1) is 7.93. The Hall–Kier alpha value is -1.42. The van der Waals surface area contributed by atoms with Gasteiger partial charge < -0.3 is 4.90 Å². The Morgan fingerprint density at radius 1 is 1.29 bits per heavy atom. The van der Waals surface area contributed by atoms with Crippen molar-refractivity contribution in [1.82, 2.24) is 10.2 Å². The Morgan fingerprint density at radius 3 is 2.41 bits per heavy atom. The smallest absolute Gasteiger partial charge is 0.238 e. The quantitative estimate of drug-likeness (QED) is 0.869. The van der Waals surface area contributed by atoms with Crippen molar-refractivity contribution in [2.45, 2.75) is 25.9 Å². The molecule has 2 atom stereocenters. The van der Waals surface area contributed by atoms with Gasteiger partial charge in [-0.25, -0.2) is 4.39 Å². The highest BCUT2D eigenvalue weighted by atomic mass is 19.1. The minimum atomic E-state index is -0.334. The normalized spacial score (nSPS) is 14.2. The van der Waals surface area contributed by atoms with Crippen LogP contribution >= 0.6 is 0 Å². The summed E-state index contributed by atoms with van der Waals surface area (Å²) in [4.78, 5) is 13.2. The molecule has 1 amide bonds. The largest absolute Gasteiger partial charge is 0.347 e. The third kappa shape index (κ3) is 3.53. The molecule has 0 spiro atoms. The van der Waals surface area contributed by atoms with E-state index in [4.69, 9.17) is 0 Å². The van der Waals surface area contributed by atoms with Gasteiger partial charge in [-0.2, -0.15) is 0 Å². The monoisotopic (exact) mass is 238 g/mol. The van der Waals surface area contributed by atoms with Gasteiger partial charge in [-0.1, -0.05) is 18.2 Å². The first kappa shape index (κ1) is 13.6. The van der Waals surface area contributed by atoms with Crippen LogP contribution in [0.15, 0.2) is 24.3 Å². The molecule has 0 radical (unpaired) electrons. The third-order valence-corrected chi connectivity index (χ3v) is 2.68. The number of carbonyl (C=O) groups excluding carboxylic acids is 1. The van der Waals surface area contributed by atoms with Crippen LogP contribution in [0.5, 0.6) is 0 Å². The van der Waals surface area contributed by atoms with Crippen LogP contribution in [-0.4, -0.2) is 30.9 Å². The average Bonchev–Trinajstić information content (AvgIpc) is 2.28. The lowest BCUT2D eigenvalue weighted by Crippen LogP contribution is -2.42. The van der Waals surface area contributed by atoms with Crippen LogP contribution < -0.4 is 5.32 Å². The topological polar surface area (TPSA) is 32.3 Å². The predicted octanol–water partition coefficient (Wildman–Crippen LogP) is 1.95. The number of likely N-dealkylation sites (N-methyl/N-ethyl adjacent to an activating group) is 1. The fraction of sp³-hybridized carbons (Fsp3) is 0.462. The Labute approximate surface area is 102 Å². The van der Waals surface area contributed by atoms with Crippen molar-refractivity contribution in [2.24, 2.45) is 0 Å². The summed E-state index contributed by atoms with van der Waals surface area (Å²) in [6, 6.07) is 6.05. The minimum absolute atomic E-state index is 0.0202. The van der Waals surface area contributed by atoms with Gasteiger partial charge in [0.1, 0.15) is 5.82 Å². The maximum atomic E-state index is 13.5. The van der Waals surface area contributed by atoms with Crippen molar-refractivity contribution in [3.63, 3.8) is 0 Å². The van der Waals surface area contributed by atoms with E-state index in [-0.39, 0.29) is 23.8 Å². The summed E-state index contributed by atoms with van der Waals surface area (Å²) in [6.07, 6.45) is 0. The SMILES string of the molecule is CC(N[C@H](C)c1ccccc1F)C(=O)N(C)C. The van der Waals surface area contributed by atoms with Crippen molar-refractivity contribution in [2.75, 3.05) is 14.1 Å². The summed E-state index contributed by atoms with van der Waals surface area (Å²) in [5.41, 5.74) is 0.575. The summed E-state index contributed by atoms with van der Waals surface area (Å²) >= 11 is 0. The Bertz CT molecular complexity index is 393. The molecule has 0 heterocycles. The van der Waals surface area contributed by atoms with Gasteiger partial charge >= 0.3 is 0 Å². The molecule has 0 aliphatic carbocycles. The first-order valence-electron chi connectivity index (χ1n) is 5.65. The molecular formula is C13H19FN2O.